The first-order valence-electron chi connectivity index (χ1n) is 12.2. The van der Waals surface area contributed by atoms with Crippen molar-refractivity contribution in [3.8, 4) is 0 Å². The van der Waals surface area contributed by atoms with Crippen LogP contribution in [0.25, 0.3) is 0 Å². The molecule has 0 aromatic rings. The van der Waals surface area contributed by atoms with E-state index in [0.29, 0.717) is 6.61 Å². The Balaban J connectivity index is 1.07. The summed E-state index contributed by atoms with van der Waals surface area (Å²) in [4.78, 5) is 0. The maximum absolute atomic E-state index is 9.01. The zero-order chi connectivity index (χ0) is 18.1. The molecule has 7 unspecified atom stereocenters. The zero-order valence-corrected chi connectivity index (χ0v) is 17.6. The van der Waals surface area contributed by atoms with Gasteiger partial charge in [-0.05, 0) is 117 Å². The van der Waals surface area contributed by atoms with Gasteiger partial charge in [0, 0.05) is 6.61 Å². The molecule has 0 heterocycles. The standard InChI is InChI=1S/C25H44O/c1-3-4-5-8-25(9-10-25)17-23-15-21(23)13-19-12-20(19)14-22-16-24(22)18(2)7-6-11-26/h18-24,26H,3-17H2,1-2H3. The largest absolute Gasteiger partial charge is 0.396 e. The van der Waals surface area contributed by atoms with Crippen LogP contribution in [0.2, 0.25) is 0 Å². The van der Waals surface area contributed by atoms with Crippen LogP contribution in [0, 0.1) is 46.8 Å². The van der Waals surface area contributed by atoms with Crippen molar-refractivity contribution in [2.24, 2.45) is 46.8 Å². The summed E-state index contributed by atoms with van der Waals surface area (Å²) >= 11 is 0. The van der Waals surface area contributed by atoms with Gasteiger partial charge in [0.2, 0.25) is 0 Å². The molecule has 4 saturated carbocycles. The lowest BCUT2D eigenvalue weighted by atomic mass is 9.91. The van der Waals surface area contributed by atoms with E-state index < -0.39 is 0 Å². The van der Waals surface area contributed by atoms with Crippen molar-refractivity contribution in [2.45, 2.75) is 104 Å². The first-order valence-corrected chi connectivity index (χ1v) is 12.2. The Kier molecular flexibility index (Phi) is 6.04. The van der Waals surface area contributed by atoms with Crippen LogP contribution >= 0.6 is 0 Å². The van der Waals surface area contributed by atoms with E-state index in [2.05, 4.69) is 13.8 Å². The van der Waals surface area contributed by atoms with Crippen LogP contribution in [0.5, 0.6) is 0 Å². The second kappa shape index (κ2) is 8.14. The molecule has 1 heteroatoms. The molecule has 0 spiro atoms. The molecule has 4 aliphatic rings. The normalized spacial score (nSPS) is 40.3. The van der Waals surface area contributed by atoms with Gasteiger partial charge in [-0.15, -0.1) is 0 Å². The van der Waals surface area contributed by atoms with Gasteiger partial charge in [-0.25, -0.2) is 0 Å². The lowest BCUT2D eigenvalue weighted by Crippen LogP contribution is -2.03. The van der Waals surface area contributed by atoms with Crippen molar-refractivity contribution >= 4 is 0 Å². The Hall–Kier alpha value is -0.0400. The van der Waals surface area contributed by atoms with E-state index >= 15 is 0 Å². The van der Waals surface area contributed by atoms with Gasteiger partial charge in [0.25, 0.3) is 0 Å². The van der Waals surface area contributed by atoms with E-state index in [1.54, 1.807) is 51.4 Å². The van der Waals surface area contributed by atoms with Gasteiger partial charge < -0.3 is 5.11 Å². The Morgan fingerprint density at radius 2 is 1.58 bits per heavy atom. The fourth-order valence-corrected chi connectivity index (χ4v) is 6.42. The minimum atomic E-state index is 0.384. The van der Waals surface area contributed by atoms with Crippen LogP contribution < -0.4 is 0 Å². The second-order valence-corrected chi connectivity index (χ2v) is 11.1. The summed E-state index contributed by atoms with van der Waals surface area (Å²) in [5.41, 5.74) is 0.837. The summed E-state index contributed by atoms with van der Waals surface area (Å²) in [6, 6.07) is 0. The highest BCUT2D eigenvalue weighted by atomic mass is 16.2. The molecule has 0 amide bonds. The highest BCUT2D eigenvalue weighted by Crippen LogP contribution is 2.63. The minimum Gasteiger partial charge on any atom is -0.396 e. The van der Waals surface area contributed by atoms with Gasteiger partial charge in [-0.3, -0.25) is 0 Å². The summed E-state index contributed by atoms with van der Waals surface area (Å²) in [6.07, 6.45) is 20.7. The molecule has 0 aromatic carbocycles. The van der Waals surface area contributed by atoms with E-state index in [1.807, 2.05) is 0 Å². The predicted octanol–water partition coefficient (Wildman–Crippen LogP) is 6.83. The quantitative estimate of drug-likeness (QED) is 0.336. The van der Waals surface area contributed by atoms with Crippen LogP contribution in [-0.2, 0) is 0 Å². The van der Waals surface area contributed by atoms with Crippen LogP contribution in [-0.4, -0.2) is 11.7 Å². The lowest BCUT2D eigenvalue weighted by Gasteiger charge is -2.14. The van der Waals surface area contributed by atoms with E-state index in [1.165, 1.54) is 32.1 Å². The molecule has 0 aromatic heterocycles. The molecule has 26 heavy (non-hydrogen) atoms. The molecule has 150 valence electrons. The monoisotopic (exact) mass is 360 g/mol. The van der Waals surface area contributed by atoms with Gasteiger partial charge >= 0.3 is 0 Å². The molecular weight excluding hydrogens is 316 g/mol. The fraction of sp³-hybridized carbons (Fsp3) is 1.00. The number of hydrogen-bond donors (Lipinski definition) is 1. The summed E-state index contributed by atoms with van der Waals surface area (Å²) in [7, 11) is 0. The van der Waals surface area contributed by atoms with Crippen LogP contribution in [0.15, 0.2) is 0 Å². The summed E-state index contributed by atoms with van der Waals surface area (Å²) in [6.45, 7) is 5.14. The number of aliphatic hydroxyl groups is 1. The summed E-state index contributed by atoms with van der Waals surface area (Å²) < 4.78 is 0. The maximum Gasteiger partial charge on any atom is 0.0431 e. The van der Waals surface area contributed by atoms with Crippen molar-refractivity contribution in [2.75, 3.05) is 6.61 Å². The molecular formula is C25H44O. The average molecular weight is 361 g/mol. The molecule has 1 N–H and O–H groups in total. The smallest absolute Gasteiger partial charge is 0.0431 e. The molecule has 1 nitrogen and oxygen atoms in total. The zero-order valence-electron chi connectivity index (χ0n) is 17.6. The lowest BCUT2D eigenvalue weighted by molar-refractivity contribution is 0.267. The van der Waals surface area contributed by atoms with Gasteiger partial charge in [-0.1, -0.05) is 33.1 Å². The summed E-state index contributed by atoms with van der Waals surface area (Å²) in [5, 5.41) is 9.01. The van der Waals surface area contributed by atoms with Crippen molar-refractivity contribution in [3.05, 3.63) is 0 Å². The molecule has 4 fully saturated rings. The highest BCUT2D eigenvalue weighted by molar-refractivity contribution is 5.03. The molecule has 0 radical (unpaired) electrons. The average Bonchev–Trinajstić information content (AvgIpc) is 3.42. The Labute approximate surface area is 162 Å². The number of unbranched alkanes of at least 4 members (excludes halogenated alkanes) is 2. The maximum atomic E-state index is 9.01. The Morgan fingerprint density at radius 1 is 0.885 bits per heavy atom. The highest BCUT2D eigenvalue weighted by Gasteiger charge is 2.52. The van der Waals surface area contributed by atoms with Gasteiger partial charge in [0.05, 0.1) is 0 Å². The second-order valence-electron chi connectivity index (χ2n) is 11.1. The van der Waals surface area contributed by atoms with Crippen LogP contribution in [0.3, 0.4) is 0 Å². The SMILES string of the molecule is CCCCCC1(CC2CC2CC2CC2CC2CC2C(C)CCCO)CC1. The third kappa shape index (κ3) is 5.06. The van der Waals surface area contributed by atoms with Crippen molar-refractivity contribution in [1.29, 1.82) is 0 Å². The molecule has 0 saturated heterocycles. The molecule has 7 atom stereocenters. The Bertz CT molecular complexity index is 453. The van der Waals surface area contributed by atoms with Crippen LogP contribution in [0.1, 0.15) is 104 Å². The van der Waals surface area contributed by atoms with Crippen molar-refractivity contribution in [1.82, 2.24) is 0 Å². The fourth-order valence-electron chi connectivity index (χ4n) is 6.42. The van der Waals surface area contributed by atoms with E-state index in [9.17, 15) is 0 Å². The number of hydrogen-bond acceptors (Lipinski definition) is 1. The molecule has 4 rings (SSSR count). The van der Waals surface area contributed by atoms with Crippen molar-refractivity contribution < 1.29 is 5.11 Å². The third-order valence-corrected chi connectivity index (χ3v) is 8.84. The van der Waals surface area contributed by atoms with Gasteiger partial charge in [0.1, 0.15) is 0 Å². The molecule has 0 bridgehead atoms. The molecule has 4 aliphatic carbocycles. The topological polar surface area (TPSA) is 20.2 Å². The minimum absolute atomic E-state index is 0.384. The van der Waals surface area contributed by atoms with E-state index in [-0.39, 0.29) is 0 Å². The molecule has 0 aliphatic heterocycles. The number of aliphatic hydroxyl groups excluding tert-OH is 1. The predicted molar refractivity (Wildman–Crippen MR) is 110 cm³/mol. The summed E-state index contributed by atoms with van der Waals surface area (Å²) in [5.74, 6) is 7.42. The number of rotatable bonds is 14. The van der Waals surface area contributed by atoms with E-state index in [4.69, 9.17) is 5.11 Å². The van der Waals surface area contributed by atoms with E-state index in [0.717, 1.165) is 53.3 Å². The van der Waals surface area contributed by atoms with Gasteiger partial charge in [-0.2, -0.15) is 0 Å². The van der Waals surface area contributed by atoms with Crippen molar-refractivity contribution in [3.63, 3.8) is 0 Å². The first-order chi connectivity index (χ1) is 12.6. The first kappa shape index (κ1) is 19.3. The third-order valence-electron chi connectivity index (χ3n) is 8.84. The Morgan fingerprint density at radius 3 is 2.27 bits per heavy atom. The van der Waals surface area contributed by atoms with Gasteiger partial charge in [0.15, 0.2) is 0 Å². The van der Waals surface area contributed by atoms with Crippen LogP contribution in [0.4, 0.5) is 0 Å².